The molecule has 29 heavy (non-hydrogen) atoms. The van der Waals surface area contributed by atoms with Crippen LogP contribution in [0.25, 0.3) is 22.2 Å². The normalized spacial score (nSPS) is 10.8. The number of rotatable bonds is 4. The van der Waals surface area contributed by atoms with Gasteiger partial charge in [-0.15, -0.1) is 11.3 Å². The molecule has 0 aliphatic rings. The van der Waals surface area contributed by atoms with Crippen molar-refractivity contribution in [1.29, 1.82) is 0 Å². The highest BCUT2D eigenvalue weighted by atomic mass is 35.5. The first-order chi connectivity index (χ1) is 13.9. The van der Waals surface area contributed by atoms with E-state index < -0.39 is 16.4 Å². The zero-order chi connectivity index (χ0) is 20.5. The third-order valence-corrected chi connectivity index (χ3v) is 5.16. The summed E-state index contributed by atoms with van der Waals surface area (Å²) in [5, 5.41) is 16.7. The number of anilines is 1. The van der Waals surface area contributed by atoms with Crippen LogP contribution in [0.1, 0.15) is 10.4 Å². The van der Waals surface area contributed by atoms with Gasteiger partial charge in [0.05, 0.1) is 16.2 Å². The lowest BCUT2D eigenvalue weighted by Crippen LogP contribution is -2.16. The van der Waals surface area contributed by atoms with Crippen molar-refractivity contribution in [3.8, 4) is 11.3 Å². The number of H-pyrrole nitrogens is 1. The predicted molar refractivity (Wildman–Crippen MR) is 112 cm³/mol. The Bertz CT molecular complexity index is 1310. The summed E-state index contributed by atoms with van der Waals surface area (Å²) >= 11 is 7.11. The van der Waals surface area contributed by atoms with Gasteiger partial charge < -0.3 is 4.98 Å². The number of pyridine rings is 1. The Morgan fingerprint density at radius 2 is 1.93 bits per heavy atom. The number of nitrogens with one attached hydrogen (secondary N) is 2. The number of benzene rings is 2. The second-order valence-corrected chi connectivity index (χ2v) is 7.33. The first-order valence-electron chi connectivity index (χ1n) is 8.25. The highest BCUT2D eigenvalue weighted by molar-refractivity contribution is 7.14. The van der Waals surface area contributed by atoms with Crippen molar-refractivity contribution in [3.05, 3.63) is 85.0 Å². The van der Waals surface area contributed by atoms with Crippen LogP contribution < -0.4 is 10.9 Å². The van der Waals surface area contributed by atoms with Crippen LogP contribution in [-0.2, 0) is 0 Å². The van der Waals surface area contributed by atoms with Crippen molar-refractivity contribution in [1.82, 2.24) is 9.97 Å². The topological polar surface area (TPSA) is 118 Å². The first kappa shape index (κ1) is 18.8. The van der Waals surface area contributed by atoms with Gasteiger partial charge in [0, 0.05) is 45.1 Å². The summed E-state index contributed by atoms with van der Waals surface area (Å²) in [6.45, 7) is 0. The van der Waals surface area contributed by atoms with E-state index in [2.05, 4.69) is 15.3 Å². The van der Waals surface area contributed by atoms with Gasteiger partial charge in [0.15, 0.2) is 5.13 Å². The van der Waals surface area contributed by atoms with Crippen LogP contribution in [0.2, 0.25) is 5.02 Å². The number of hydrogen-bond donors (Lipinski definition) is 2. The Kier molecular flexibility index (Phi) is 4.83. The van der Waals surface area contributed by atoms with E-state index in [1.807, 2.05) is 12.1 Å². The van der Waals surface area contributed by atoms with Crippen LogP contribution in [0.3, 0.4) is 0 Å². The quantitative estimate of drug-likeness (QED) is 0.369. The fraction of sp³-hybridized carbons (Fsp3) is 0. The van der Waals surface area contributed by atoms with Gasteiger partial charge in [-0.2, -0.15) is 0 Å². The average Bonchev–Trinajstić information content (AvgIpc) is 3.15. The monoisotopic (exact) mass is 426 g/mol. The molecule has 0 saturated carbocycles. The van der Waals surface area contributed by atoms with Crippen LogP contribution in [0, 0.1) is 10.1 Å². The molecule has 2 aromatic carbocycles. The molecule has 0 saturated heterocycles. The van der Waals surface area contributed by atoms with Gasteiger partial charge >= 0.3 is 0 Å². The Balaban J connectivity index is 1.67. The van der Waals surface area contributed by atoms with E-state index >= 15 is 0 Å². The van der Waals surface area contributed by atoms with Gasteiger partial charge in [-0.25, -0.2) is 4.98 Å². The molecule has 4 rings (SSSR count). The molecule has 0 radical (unpaired) electrons. The highest BCUT2D eigenvalue weighted by Crippen LogP contribution is 2.27. The predicted octanol–water partition coefficient (Wildman–Crippen LogP) is 4.47. The maximum absolute atomic E-state index is 12.8. The number of thiazole rings is 1. The Labute approximate surface area is 172 Å². The number of halogens is 1. The molecule has 0 aliphatic heterocycles. The molecule has 0 bridgehead atoms. The van der Waals surface area contributed by atoms with E-state index in [4.69, 9.17) is 11.6 Å². The van der Waals surface area contributed by atoms with Crippen molar-refractivity contribution in [3.63, 3.8) is 0 Å². The van der Waals surface area contributed by atoms with Crippen molar-refractivity contribution >= 4 is 50.6 Å². The number of carbonyl (C=O) groups excluding carboxylic acids is 1. The van der Waals surface area contributed by atoms with E-state index in [-0.39, 0.29) is 16.6 Å². The Hall–Kier alpha value is -3.56. The number of carbonyl (C=O) groups is 1. The largest absolute Gasteiger partial charge is 0.322 e. The third-order valence-electron chi connectivity index (χ3n) is 4.15. The van der Waals surface area contributed by atoms with Crippen molar-refractivity contribution in [2.75, 3.05) is 5.32 Å². The van der Waals surface area contributed by atoms with Gasteiger partial charge in [0.2, 0.25) is 5.56 Å². The zero-order valence-electron chi connectivity index (χ0n) is 14.5. The number of hydrogen-bond acceptors (Lipinski definition) is 6. The second-order valence-electron chi connectivity index (χ2n) is 6.03. The molecule has 0 unspecified atom stereocenters. The van der Waals surface area contributed by atoms with Crippen LogP contribution in [0.5, 0.6) is 0 Å². The van der Waals surface area contributed by atoms with Gasteiger partial charge in [-0.3, -0.25) is 25.0 Å². The molecule has 144 valence electrons. The smallest absolute Gasteiger partial charge is 0.270 e. The second kappa shape index (κ2) is 7.46. The van der Waals surface area contributed by atoms with Crippen molar-refractivity contribution in [2.45, 2.75) is 0 Å². The summed E-state index contributed by atoms with van der Waals surface area (Å²) in [6, 6.07) is 12.1. The minimum absolute atomic E-state index is 0.0238. The third kappa shape index (κ3) is 3.86. The van der Waals surface area contributed by atoms with Crippen LogP contribution in [0.15, 0.2) is 58.7 Å². The summed E-state index contributed by atoms with van der Waals surface area (Å²) in [5.41, 5.74) is 1.18. The highest BCUT2D eigenvalue weighted by Gasteiger charge is 2.17. The summed E-state index contributed by atoms with van der Waals surface area (Å²) in [5.74, 6) is -0.585. The fourth-order valence-corrected chi connectivity index (χ4v) is 3.63. The van der Waals surface area contributed by atoms with E-state index in [0.29, 0.717) is 21.4 Å². The molecule has 0 fully saturated rings. The summed E-state index contributed by atoms with van der Waals surface area (Å²) in [4.78, 5) is 42.1. The Morgan fingerprint density at radius 3 is 2.66 bits per heavy atom. The standard InChI is InChI=1S/C19H11ClN4O4S/c20-11-3-1-10(2-4-11)16-9-29-19(22-16)23-18(26)14-8-17(25)21-15-6-5-12(24(27)28)7-13(14)15/h1-9H,(H,21,25)(H,22,23,26). The zero-order valence-corrected chi connectivity index (χ0v) is 16.1. The lowest BCUT2D eigenvalue weighted by atomic mass is 10.1. The molecule has 8 nitrogen and oxygen atoms in total. The van der Waals surface area contributed by atoms with Crippen LogP contribution in [0.4, 0.5) is 10.8 Å². The van der Waals surface area contributed by atoms with Crippen LogP contribution >= 0.6 is 22.9 Å². The van der Waals surface area contributed by atoms with Crippen LogP contribution in [-0.4, -0.2) is 20.8 Å². The lowest BCUT2D eigenvalue weighted by Gasteiger charge is -2.06. The molecular formula is C19H11ClN4O4S. The molecule has 2 heterocycles. The molecule has 10 heteroatoms. The molecule has 2 N–H and O–H groups in total. The maximum Gasteiger partial charge on any atom is 0.270 e. The SMILES string of the molecule is O=C(Nc1nc(-c2ccc(Cl)cc2)cs1)c1cc(=O)[nH]c2ccc([N+](=O)[O-])cc12. The minimum Gasteiger partial charge on any atom is -0.322 e. The van der Waals surface area contributed by atoms with Gasteiger partial charge in [0.1, 0.15) is 0 Å². The number of aromatic amines is 1. The number of nitro benzene ring substituents is 1. The number of nitro groups is 1. The van der Waals surface area contributed by atoms with E-state index in [0.717, 1.165) is 11.6 Å². The summed E-state index contributed by atoms with van der Waals surface area (Å²) in [7, 11) is 0. The lowest BCUT2D eigenvalue weighted by molar-refractivity contribution is -0.384. The van der Waals surface area contributed by atoms with E-state index in [9.17, 15) is 19.7 Å². The van der Waals surface area contributed by atoms with Gasteiger partial charge in [-0.05, 0) is 18.2 Å². The summed E-state index contributed by atoms with van der Waals surface area (Å²) < 4.78 is 0. The van der Waals surface area contributed by atoms with Gasteiger partial charge in [-0.1, -0.05) is 23.7 Å². The van der Waals surface area contributed by atoms with Crippen molar-refractivity contribution in [2.24, 2.45) is 0 Å². The average molecular weight is 427 g/mol. The minimum atomic E-state index is -0.585. The number of amides is 1. The fourth-order valence-electron chi connectivity index (χ4n) is 2.79. The van der Waals surface area contributed by atoms with E-state index in [1.54, 1.807) is 17.5 Å². The number of non-ortho nitro benzene ring substituents is 1. The first-order valence-corrected chi connectivity index (χ1v) is 9.51. The van der Waals surface area contributed by atoms with Gasteiger partial charge in [0.25, 0.3) is 11.6 Å². The maximum atomic E-state index is 12.8. The number of aromatic nitrogens is 2. The molecule has 0 spiro atoms. The van der Waals surface area contributed by atoms with Crippen molar-refractivity contribution < 1.29 is 9.72 Å². The molecule has 0 aliphatic carbocycles. The molecule has 4 aromatic rings. The molecule has 1 amide bonds. The molecule has 0 atom stereocenters. The molecule has 2 aromatic heterocycles. The molecular weight excluding hydrogens is 416 g/mol. The summed E-state index contributed by atoms with van der Waals surface area (Å²) in [6.07, 6.45) is 0. The number of fused-ring (bicyclic) bond motifs is 1. The Morgan fingerprint density at radius 1 is 1.17 bits per heavy atom. The number of nitrogens with zero attached hydrogens (tertiary/aromatic N) is 2. The van der Waals surface area contributed by atoms with E-state index in [1.165, 1.54) is 29.5 Å².